The summed E-state index contributed by atoms with van der Waals surface area (Å²) in [5.74, 6) is 0.944. The summed E-state index contributed by atoms with van der Waals surface area (Å²) in [5, 5.41) is 5.94. The van der Waals surface area contributed by atoms with Crippen LogP contribution in [0.1, 0.15) is 35.1 Å². The number of methoxy groups -OCH3 is 1. The van der Waals surface area contributed by atoms with E-state index < -0.39 is 0 Å². The van der Waals surface area contributed by atoms with Gasteiger partial charge in [-0.1, -0.05) is 12.1 Å². The van der Waals surface area contributed by atoms with Gasteiger partial charge in [0.15, 0.2) is 17.3 Å². The van der Waals surface area contributed by atoms with Crippen molar-refractivity contribution in [3.63, 3.8) is 0 Å². The first-order valence-electron chi connectivity index (χ1n) is 9.60. The highest BCUT2D eigenvalue weighted by Crippen LogP contribution is 2.28. The Labute approximate surface area is 179 Å². The van der Waals surface area contributed by atoms with Crippen molar-refractivity contribution in [2.45, 2.75) is 26.7 Å². The summed E-state index contributed by atoms with van der Waals surface area (Å²) in [7, 11) is 1.53. The summed E-state index contributed by atoms with van der Waals surface area (Å²) in [5.41, 5.74) is 3.28. The number of hydrogen-bond acceptors (Lipinski definition) is 6. The second kappa shape index (κ2) is 10.0. The Morgan fingerprint density at radius 1 is 1.10 bits per heavy atom. The molecule has 30 heavy (non-hydrogen) atoms. The van der Waals surface area contributed by atoms with Crippen LogP contribution in [0.3, 0.4) is 0 Å². The molecule has 0 radical (unpaired) electrons. The van der Waals surface area contributed by atoms with Crippen LogP contribution in [0.5, 0.6) is 11.5 Å². The topological polar surface area (TPSA) is 77.5 Å². The lowest BCUT2D eigenvalue weighted by molar-refractivity contribution is -0.116. The fourth-order valence-electron chi connectivity index (χ4n) is 2.86. The van der Waals surface area contributed by atoms with Crippen molar-refractivity contribution in [2.75, 3.05) is 19.0 Å². The third kappa shape index (κ3) is 5.67. The van der Waals surface area contributed by atoms with Crippen LogP contribution in [0.4, 0.5) is 5.69 Å². The number of Topliss-reactive ketones (excluding diaryl/α,β-unsaturated/α-hetero) is 1. The van der Waals surface area contributed by atoms with Crippen LogP contribution in [0.15, 0.2) is 47.8 Å². The fourth-order valence-corrected chi connectivity index (χ4v) is 3.49. The van der Waals surface area contributed by atoms with Crippen LogP contribution in [-0.2, 0) is 4.79 Å². The van der Waals surface area contributed by atoms with Gasteiger partial charge in [0.05, 0.1) is 24.4 Å². The normalized spacial score (nSPS) is 10.5. The van der Waals surface area contributed by atoms with Crippen molar-refractivity contribution in [3.05, 3.63) is 58.4 Å². The van der Waals surface area contributed by atoms with E-state index in [0.29, 0.717) is 36.5 Å². The molecule has 0 bridgehead atoms. The lowest BCUT2D eigenvalue weighted by Crippen LogP contribution is -2.12. The molecular formula is C23H24N2O4S. The summed E-state index contributed by atoms with van der Waals surface area (Å²) in [6.07, 6.45) is 0.889. The molecule has 1 heterocycles. The predicted molar refractivity (Wildman–Crippen MR) is 119 cm³/mol. The molecular weight excluding hydrogens is 400 g/mol. The molecule has 0 aliphatic carbocycles. The van der Waals surface area contributed by atoms with E-state index in [0.717, 1.165) is 22.0 Å². The molecule has 0 spiro atoms. The van der Waals surface area contributed by atoms with Gasteiger partial charge in [-0.05, 0) is 50.6 Å². The first-order chi connectivity index (χ1) is 14.5. The van der Waals surface area contributed by atoms with Gasteiger partial charge in [0.2, 0.25) is 5.91 Å². The molecule has 0 fully saturated rings. The number of ether oxygens (including phenoxy) is 2. The van der Waals surface area contributed by atoms with Crippen LogP contribution in [0, 0.1) is 6.92 Å². The summed E-state index contributed by atoms with van der Waals surface area (Å²) in [6.45, 7) is 3.84. The maximum atomic E-state index is 12.2. The van der Waals surface area contributed by atoms with E-state index in [4.69, 9.17) is 9.47 Å². The van der Waals surface area contributed by atoms with Gasteiger partial charge in [0.25, 0.3) is 0 Å². The van der Waals surface area contributed by atoms with Gasteiger partial charge >= 0.3 is 0 Å². The molecule has 2 aromatic carbocycles. The lowest BCUT2D eigenvalue weighted by Gasteiger charge is -2.11. The number of carbonyl (C=O) groups is 2. The maximum Gasteiger partial charge on any atom is 0.224 e. The van der Waals surface area contributed by atoms with Crippen molar-refractivity contribution in [1.82, 2.24) is 4.98 Å². The molecule has 1 N–H and O–H groups in total. The number of aromatic nitrogens is 1. The zero-order valence-corrected chi connectivity index (χ0v) is 18.0. The second-order valence-corrected chi connectivity index (χ2v) is 7.81. The van der Waals surface area contributed by atoms with Gasteiger partial charge in [0.1, 0.15) is 0 Å². The van der Waals surface area contributed by atoms with E-state index in [2.05, 4.69) is 10.3 Å². The molecule has 7 heteroatoms. The molecule has 1 amide bonds. The molecule has 3 aromatic rings. The first kappa shape index (κ1) is 21.5. The fraction of sp³-hybridized carbons (Fsp3) is 0.261. The summed E-state index contributed by atoms with van der Waals surface area (Å²) < 4.78 is 11.0. The van der Waals surface area contributed by atoms with Crippen molar-refractivity contribution >= 4 is 28.7 Å². The van der Waals surface area contributed by atoms with Crippen molar-refractivity contribution in [3.8, 4) is 22.8 Å². The Balaban J connectivity index is 1.45. The molecule has 0 saturated heterocycles. The maximum absolute atomic E-state index is 12.2. The number of carbonyl (C=O) groups excluding carboxylic acids is 2. The number of ketones is 1. The average molecular weight is 425 g/mol. The van der Waals surface area contributed by atoms with Gasteiger partial charge in [-0.15, -0.1) is 11.3 Å². The van der Waals surface area contributed by atoms with Crippen molar-refractivity contribution < 1.29 is 19.1 Å². The Kier molecular flexibility index (Phi) is 7.19. The Morgan fingerprint density at radius 2 is 1.87 bits per heavy atom. The smallest absolute Gasteiger partial charge is 0.224 e. The molecule has 156 valence electrons. The summed E-state index contributed by atoms with van der Waals surface area (Å²) in [6, 6.07) is 12.7. The van der Waals surface area contributed by atoms with Gasteiger partial charge < -0.3 is 14.8 Å². The summed E-state index contributed by atoms with van der Waals surface area (Å²) >= 11 is 1.61. The van der Waals surface area contributed by atoms with Crippen LogP contribution < -0.4 is 14.8 Å². The van der Waals surface area contributed by atoms with Crippen molar-refractivity contribution in [2.24, 2.45) is 0 Å². The minimum absolute atomic E-state index is 0.0359. The number of anilines is 1. The third-order valence-electron chi connectivity index (χ3n) is 4.46. The molecule has 3 rings (SSSR count). The number of aryl methyl sites for hydroxylation is 1. The number of thiazole rings is 1. The summed E-state index contributed by atoms with van der Waals surface area (Å²) in [4.78, 5) is 28.1. The molecule has 0 atom stereocenters. The molecule has 1 aromatic heterocycles. The number of hydrogen-bond donors (Lipinski definition) is 1. The monoisotopic (exact) mass is 424 g/mol. The SMILES string of the molecule is COc1cc(C(C)=O)ccc1OCCCC(=O)Nc1ccc(-c2csc(C)n2)cc1. The van der Waals surface area contributed by atoms with E-state index in [1.807, 2.05) is 36.6 Å². The molecule has 0 aliphatic heterocycles. The number of rotatable bonds is 9. The van der Waals surface area contributed by atoms with E-state index in [1.54, 1.807) is 29.5 Å². The zero-order valence-electron chi connectivity index (χ0n) is 17.2. The quantitative estimate of drug-likeness (QED) is 0.381. The number of nitrogens with one attached hydrogen (secondary N) is 1. The van der Waals surface area contributed by atoms with Crippen LogP contribution in [0.2, 0.25) is 0 Å². The van der Waals surface area contributed by atoms with Crippen LogP contribution in [-0.4, -0.2) is 30.4 Å². The molecule has 0 unspecified atom stereocenters. The Bertz CT molecular complexity index is 1030. The largest absolute Gasteiger partial charge is 0.493 e. The van der Waals surface area contributed by atoms with Crippen LogP contribution in [0.25, 0.3) is 11.3 Å². The Hall–Kier alpha value is -3.19. The van der Waals surface area contributed by atoms with E-state index in [1.165, 1.54) is 14.0 Å². The van der Waals surface area contributed by atoms with Gasteiger partial charge in [-0.25, -0.2) is 4.98 Å². The van der Waals surface area contributed by atoms with Gasteiger partial charge in [0, 0.05) is 28.6 Å². The van der Waals surface area contributed by atoms with Gasteiger partial charge in [-0.3, -0.25) is 9.59 Å². The van der Waals surface area contributed by atoms with E-state index >= 15 is 0 Å². The van der Waals surface area contributed by atoms with Gasteiger partial charge in [-0.2, -0.15) is 0 Å². The number of nitrogens with zero attached hydrogens (tertiary/aromatic N) is 1. The molecule has 0 saturated carbocycles. The Morgan fingerprint density at radius 3 is 2.50 bits per heavy atom. The molecule has 0 aliphatic rings. The highest BCUT2D eigenvalue weighted by atomic mass is 32.1. The zero-order chi connectivity index (χ0) is 21.5. The number of amides is 1. The standard InChI is InChI=1S/C23H24N2O4S/c1-15(26)18-8-11-21(22(13-18)28-3)29-12-4-5-23(27)25-19-9-6-17(7-10-19)20-14-30-16(2)24-20/h6-11,13-14H,4-5,12H2,1-3H3,(H,25,27). The highest BCUT2D eigenvalue weighted by molar-refractivity contribution is 7.09. The number of benzene rings is 2. The van der Waals surface area contributed by atoms with E-state index in [9.17, 15) is 9.59 Å². The minimum atomic E-state index is -0.0743. The average Bonchev–Trinajstić information content (AvgIpc) is 3.18. The van der Waals surface area contributed by atoms with E-state index in [-0.39, 0.29) is 11.7 Å². The van der Waals surface area contributed by atoms with Crippen molar-refractivity contribution in [1.29, 1.82) is 0 Å². The van der Waals surface area contributed by atoms with Crippen LogP contribution >= 0.6 is 11.3 Å². The third-order valence-corrected chi connectivity index (χ3v) is 5.23. The minimum Gasteiger partial charge on any atom is -0.493 e. The predicted octanol–water partition coefficient (Wildman–Crippen LogP) is 5.13. The highest BCUT2D eigenvalue weighted by Gasteiger charge is 2.09. The lowest BCUT2D eigenvalue weighted by atomic mass is 10.1. The first-order valence-corrected chi connectivity index (χ1v) is 10.5. The molecule has 6 nitrogen and oxygen atoms in total. The second-order valence-electron chi connectivity index (χ2n) is 6.75.